The first-order valence-corrected chi connectivity index (χ1v) is 8.53. The lowest BCUT2D eigenvalue weighted by atomic mass is 10.2. The lowest BCUT2D eigenvalue weighted by Crippen LogP contribution is -2.44. The second kappa shape index (κ2) is 8.20. The standard InChI is InChI=1S/C16H25IN2O/c1-14-13-15(17)5-6-16(14)20-12-4-3-7-19-10-8-18(2)9-11-19/h5-6,13H,3-4,7-12H2,1-2H3. The number of hydrogen-bond acceptors (Lipinski definition) is 3. The van der Waals surface area contributed by atoms with Gasteiger partial charge in [-0.2, -0.15) is 0 Å². The summed E-state index contributed by atoms with van der Waals surface area (Å²) in [4.78, 5) is 4.97. The minimum atomic E-state index is 0.829. The van der Waals surface area contributed by atoms with Crippen LogP contribution >= 0.6 is 22.6 Å². The van der Waals surface area contributed by atoms with Gasteiger partial charge in [-0.3, -0.25) is 0 Å². The molecule has 1 heterocycles. The van der Waals surface area contributed by atoms with Gasteiger partial charge in [0.05, 0.1) is 6.61 Å². The van der Waals surface area contributed by atoms with E-state index in [0.29, 0.717) is 0 Å². The molecular formula is C16H25IN2O. The van der Waals surface area contributed by atoms with Crippen LogP contribution in [0.5, 0.6) is 5.75 Å². The molecule has 0 unspecified atom stereocenters. The largest absolute Gasteiger partial charge is 0.493 e. The molecule has 1 aromatic rings. The average molecular weight is 388 g/mol. The number of benzene rings is 1. The van der Waals surface area contributed by atoms with Crippen molar-refractivity contribution in [1.29, 1.82) is 0 Å². The van der Waals surface area contributed by atoms with Gasteiger partial charge in [0, 0.05) is 29.7 Å². The number of halogens is 1. The van der Waals surface area contributed by atoms with Gasteiger partial charge in [0.25, 0.3) is 0 Å². The van der Waals surface area contributed by atoms with E-state index in [4.69, 9.17) is 4.74 Å². The van der Waals surface area contributed by atoms with Crippen molar-refractivity contribution in [3.05, 3.63) is 27.3 Å². The Balaban J connectivity index is 1.59. The van der Waals surface area contributed by atoms with Gasteiger partial charge in [-0.1, -0.05) is 0 Å². The maximum absolute atomic E-state index is 5.87. The number of hydrogen-bond donors (Lipinski definition) is 0. The van der Waals surface area contributed by atoms with Crippen molar-refractivity contribution >= 4 is 22.6 Å². The van der Waals surface area contributed by atoms with Crippen molar-refractivity contribution in [2.45, 2.75) is 19.8 Å². The zero-order chi connectivity index (χ0) is 14.4. The molecule has 20 heavy (non-hydrogen) atoms. The summed E-state index contributed by atoms with van der Waals surface area (Å²) in [6, 6.07) is 6.35. The number of unbranched alkanes of at least 4 members (excludes halogenated alkanes) is 1. The van der Waals surface area contributed by atoms with Gasteiger partial charge in [0.2, 0.25) is 0 Å². The first-order valence-electron chi connectivity index (χ1n) is 7.45. The second-order valence-electron chi connectivity index (χ2n) is 5.61. The first-order chi connectivity index (χ1) is 9.65. The molecule has 0 spiro atoms. The minimum absolute atomic E-state index is 0.829. The molecule has 0 aliphatic carbocycles. The van der Waals surface area contributed by atoms with E-state index in [9.17, 15) is 0 Å². The number of likely N-dealkylation sites (N-methyl/N-ethyl adjacent to an activating group) is 1. The highest BCUT2D eigenvalue weighted by molar-refractivity contribution is 14.1. The maximum atomic E-state index is 5.87. The Morgan fingerprint density at radius 3 is 2.60 bits per heavy atom. The molecule has 2 rings (SSSR count). The number of ether oxygens (including phenoxy) is 1. The summed E-state index contributed by atoms with van der Waals surface area (Å²) in [5, 5.41) is 0. The third kappa shape index (κ3) is 5.22. The number of piperazine rings is 1. The normalized spacial score (nSPS) is 17.4. The Morgan fingerprint density at radius 2 is 1.90 bits per heavy atom. The van der Waals surface area contributed by atoms with Crippen LogP contribution in [0.25, 0.3) is 0 Å². The lowest BCUT2D eigenvalue weighted by molar-refractivity contribution is 0.150. The third-order valence-corrected chi connectivity index (χ3v) is 4.53. The van der Waals surface area contributed by atoms with Gasteiger partial charge >= 0.3 is 0 Å². The van der Waals surface area contributed by atoms with Gasteiger partial charge in [-0.15, -0.1) is 0 Å². The highest BCUT2D eigenvalue weighted by atomic mass is 127. The minimum Gasteiger partial charge on any atom is -0.493 e. The van der Waals surface area contributed by atoms with Gasteiger partial charge < -0.3 is 14.5 Å². The molecule has 0 aromatic heterocycles. The van der Waals surface area contributed by atoms with Crippen LogP contribution in [0.4, 0.5) is 0 Å². The van der Waals surface area contributed by atoms with E-state index in [0.717, 1.165) is 18.8 Å². The van der Waals surface area contributed by atoms with Crippen LogP contribution in [-0.4, -0.2) is 56.2 Å². The summed E-state index contributed by atoms with van der Waals surface area (Å²) in [5.41, 5.74) is 1.23. The molecular weight excluding hydrogens is 363 g/mol. The molecule has 1 aliphatic rings. The van der Waals surface area contributed by atoms with E-state index >= 15 is 0 Å². The molecule has 1 saturated heterocycles. The van der Waals surface area contributed by atoms with E-state index in [1.54, 1.807) is 0 Å². The van der Waals surface area contributed by atoms with Crippen molar-refractivity contribution in [2.75, 3.05) is 46.4 Å². The van der Waals surface area contributed by atoms with Crippen LogP contribution in [0, 0.1) is 10.5 Å². The van der Waals surface area contributed by atoms with Crippen LogP contribution < -0.4 is 4.74 Å². The van der Waals surface area contributed by atoms with Crippen molar-refractivity contribution in [1.82, 2.24) is 9.80 Å². The SMILES string of the molecule is Cc1cc(I)ccc1OCCCCN1CCN(C)CC1. The van der Waals surface area contributed by atoms with Crippen LogP contribution in [0.1, 0.15) is 18.4 Å². The van der Waals surface area contributed by atoms with Gasteiger partial charge in [0.15, 0.2) is 0 Å². The summed E-state index contributed by atoms with van der Waals surface area (Å²) >= 11 is 2.33. The molecule has 0 atom stereocenters. The second-order valence-corrected chi connectivity index (χ2v) is 6.86. The fourth-order valence-corrected chi connectivity index (χ4v) is 3.11. The van der Waals surface area contributed by atoms with E-state index in [1.165, 1.54) is 48.3 Å². The van der Waals surface area contributed by atoms with Crippen molar-refractivity contribution in [3.8, 4) is 5.75 Å². The van der Waals surface area contributed by atoms with Crippen molar-refractivity contribution < 1.29 is 4.74 Å². The van der Waals surface area contributed by atoms with Crippen LogP contribution in [0.2, 0.25) is 0 Å². The van der Waals surface area contributed by atoms with Gasteiger partial charge in [-0.25, -0.2) is 0 Å². The fraction of sp³-hybridized carbons (Fsp3) is 0.625. The van der Waals surface area contributed by atoms with Crippen LogP contribution in [0.15, 0.2) is 18.2 Å². The maximum Gasteiger partial charge on any atom is 0.122 e. The number of rotatable bonds is 6. The molecule has 3 nitrogen and oxygen atoms in total. The Bertz CT molecular complexity index is 417. The Kier molecular flexibility index (Phi) is 6.58. The molecule has 0 N–H and O–H groups in total. The molecule has 0 amide bonds. The van der Waals surface area contributed by atoms with E-state index in [1.807, 2.05) is 0 Å². The first kappa shape index (κ1) is 16.0. The predicted octanol–water partition coefficient (Wildman–Crippen LogP) is 3.01. The lowest BCUT2D eigenvalue weighted by Gasteiger charge is -2.32. The highest BCUT2D eigenvalue weighted by Crippen LogP contribution is 2.20. The zero-order valence-electron chi connectivity index (χ0n) is 12.6. The number of aryl methyl sites for hydroxylation is 1. The molecule has 1 aromatic carbocycles. The summed E-state index contributed by atoms with van der Waals surface area (Å²) in [6.07, 6.45) is 2.37. The molecule has 0 saturated carbocycles. The summed E-state index contributed by atoms with van der Waals surface area (Å²) in [5.74, 6) is 1.03. The van der Waals surface area contributed by atoms with Crippen LogP contribution in [0.3, 0.4) is 0 Å². The molecule has 112 valence electrons. The quantitative estimate of drug-likeness (QED) is 0.551. The monoisotopic (exact) mass is 388 g/mol. The summed E-state index contributed by atoms with van der Waals surface area (Å²) in [7, 11) is 2.20. The fourth-order valence-electron chi connectivity index (χ4n) is 2.47. The van der Waals surface area contributed by atoms with Gasteiger partial charge in [0.1, 0.15) is 5.75 Å². The topological polar surface area (TPSA) is 15.7 Å². The van der Waals surface area contributed by atoms with E-state index in [-0.39, 0.29) is 0 Å². The van der Waals surface area contributed by atoms with Crippen molar-refractivity contribution in [3.63, 3.8) is 0 Å². The van der Waals surface area contributed by atoms with Gasteiger partial charge in [-0.05, 0) is 79.7 Å². The van der Waals surface area contributed by atoms with E-state index < -0.39 is 0 Å². The summed E-state index contributed by atoms with van der Waals surface area (Å²) in [6.45, 7) is 9.00. The summed E-state index contributed by atoms with van der Waals surface area (Å²) < 4.78 is 7.13. The van der Waals surface area contributed by atoms with E-state index in [2.05, 4.69) is 64.6 Å². The predicted molar refractivity (Wildman–Crippen MR) is 92.6 cm³/mol. The molecule has 4 heteroatoms. The third-order valence-electron chi connectivity index (χ3n) is 3.86. The molecule has 0 bridgehead atoms. The highest BCUT2D eigenvalue weighted by Gasteiger charge is 2.12. The smallest absolute Gasteiger partial charge is 0.122 e. The van der Waals surface area contributed by atoms with Crippen LogP contribution in [-0.2, 0) is 0 Å². The van der Waals surface area contributed by atoms with Crippen molar-refractivity contribution in [2.24, 2.45) is 0 Å². The molecule has 1 aliphatic heterocycles. The average Bonchev–Trinajstić information content (AvgIpc) is 2.42. The molecule has 0 radical (unpaired) electrons. The Hall–Kier alpha value is -0.330. The Labute approximate surface area is 136 Å². The number of nitrogens with zero attached hydrogens (tertiary/aromatic N) is 2. The Morgan fingerprint density at radius 1 is 1.15 bits per heavy atom. The molecule has 1 fully saturated rings. The zero-order valence-corrected chi connectivity index (χ0v) is 14.7.